The van der Waals surface area contributed by atoms with Crippen LogP contribution in [0, 0.1) is 12.7 Å². The van der Waals surface area contributed by atoms with E-state index in [-0.39, 0.29) is 12.4 Å². The van der Waals surface area contributed by atoms with E-state index in [0.717, 1.165) is 5.56 Å². The van der Waals surface area contributed by atoms with Crippen LogP contribution in [0.5, 0.6) is 11.5 Å². The van der Waals surface area contributed by atoms with Crippen LogP contribution in [0.15, 0.2) is 48.8 Å². The first-order chi connectivity index (χ1) is 14.4. The molecule has 2 N–H and O–H groups in total. The summed E-state index contributed by atoms with van der Waals surface area (Å²) in [7, 11) is 4.98. The fourth-order valence-corrected chi connectivity index (χ4v) is 3.06. The van der Waals surface area contributed by atoms with E-state index in [4.69, 9.17) is 9.47 Å². The molecule has 2 amide bonds. The summed E-state index contributed by atoms with van der Waals surface area (Å²) < 4.78 is 26.3. The molecule has 1 heterocycles. The quantitative estimate of drug-likeness (QED) is 0.623. The van der Waals surface area contributed by atoms with Gasteiger partial charge in [0.2, 0.25) is 0 Å². The summed E-state index contributed by atoms with van der Waals surface area (Å²) >= 11 is 0. The molecule has 0 saturated carbocycles. The molecular weight excluding hydrogens is 387 g/mol. The van der Waals surface area contributed by atoms with Crippen molar-refractivity contribution >= 4 is 6.03 Å². The first-order valence-corrected chi connectivity index (χ1v) is 9.41. The first-order valence-electron chi connectivity index (χ1n) is 9.41. The van der Waals surface area contributed by atoms with Crippen LogP contribution in [-0.2, 0) is 13.6 Å². The lowest BCUT2D eigenvalue weighted by Crippen LogP contribution is -2.39. The Morgan fingerprint density at radius 3 is 2.43 bits per heavy atom. The molecule has 7 nitrogen and oxygen atoms in total. The number of methoxy groups -OCH3 is 2. The van der Waals surface area contributed by atoms with Gasteiger partial charge in [0.1, 0.15) is 29.2 Å². The van der Waals surface area contributed by atoms with Gasteiger partial charge < -0.3 is 24.7 Å². The van der Waals surface area contributed by atoms with Gasteiger partial charge >= 0.3 is 6.03 Å². The maximum Gasteiger partial charge on any atom is 0.315 e. The number of urea groups is 1. The lowest BCUT2D eigenvalue weighted by molar-refractivity contribution is 0.237. The van der Waals surface area contributed by atoms with Gasteiger partial charge in [-0.3, -0.25) is 0 Å². The van der Waals surface area contributed by atoms with Gasteiger partial charge in [0.15, 0.2) is 0 Å². The van der Waals surface area contributed by atoms with Crippen LogP contribution >= 0.6 is 0 Å². The Hall–Kier alpha value is -3.55. The van der Waals surface area contributed by atoms with E-state index >= 15 is 0 Å². The first kappa shape index (κ1) is 21.2. The molecule has 0 saturated heterocycles. The molecule has 0 fully saturated rings. The number of amides is 2. The third-order valence-electron chi connectivity index (χ3n) is 4.79. The zero-order valence-electron chi connectivity index (χ0n) is 17.4. The Morgan fingerprint density at radius 1 is 1.17 bits per heavy atom. The van der Waals surface area contributed by atoms with E-state index in [2.05, 4.69) is 15.6 Å². The zero-order valence-corrected chi connectivity index (χ0v) is 17.4. The Labute approximate surface area is 174 Å². The number of hydrogen-bond donors (Lipinski definition) is 2. The number of nitrogens with zero attached hydrogens (tertiary/aromatic N) is 2. The summed E-state index contributed by atoms with van der Waals surface area (Å²) in [5.74, 6) is 1.53. The molecule has 3 rings (SSSR count). The van der Waals surface area contributed by atoms with Crippen LogP contribution in [0.4, 0.5) is 9.18 Å². The number of imidazole rings is 1. The molecule has 1 unspecified atom stereocenters. The van der Waals surface area contributed by atoms with Crippen molar-refractivity contribution in [3.8, 4) is 11.5 Å². The van der Waals surface area contributed by atoms with Gasteiger partial charge in [-0.2, -0.15) is 0 Å². The van der Waals surface area contributed by atoms with Gasteiger partial charge in [0.25, 0.3) is 0 Å². The molecule has 1 atom stereocenters. The van der Waals surface area contributed by atoms with E-state index in [1.165, 1.54) is 6.07 Å². The Bertz CT molecular complexity index is 1010. The van der Waals surface area contributed by atoms with E-state index in [9.17, 15) is 9.18 Å². The monoisotopic (exact) mass is 412 g/mol. The Kier molecular flexibility index (Phi) is 6.56. The van der Waals surface area contributed by atoms with Crippen molar-refractivity contribution in [2.75, 3.05) is 14.2 Å². The van der Waals surface area contributed by atoms with E-state index in [1.54, 1.807) is 51.7 Å². The molecule has 0 radical (unpaired) electrons. The maximum absolute atomic E-state index is 13.7. The average molecular weight is 412 g/mol. The van der Waals surface area contributed by atoms with E-state index in [0.29, 0.717) is 28.5 Å². The number of ether oxygens (including phenoxy) is 2. The fourth-order valence-electron chi connectivity index (χ4n) is 3.06. The molecule has 0 aliphatic carbocycles. The van der Waals surface area contributed by atoms with E-state index < -0.39 is 12.1 Å². The summed E-state index contributed by atoms with van der Waals surface area (Å²) in [5, 5.41) is 5.71. The topological polar surface area (TPSA) is 77.4 Å². The minimum Gasteiger partial charge on any atom is -0.497 e. The molecule has 0 bridgehead atoms. The number of aromatic nitrogens is 2. The molecule has 158 valence electrons. The summed E-state index contributed by atoms with van der Waals surface area (Å²) in [4.78, 5) is 17.0. The third kappa shape index (κ3) is 4.89. The van der Waals surface area contributed by atoms with Crippen LogP contribution in [0.3, 0.4) is 0 Å². The smallest absolute Gasteiger partial charge is 0.315 e. The SMILES string of the molecule is COc1cc(OC)cc(C(NC(=O)NCc2ccc(C)c(F)c2)c2nccn2C)c1. The molecule has 8 heteroatoms. The number of hydrogen-bond acceptors (Lipinski definition) is 4. The van der Waals surface area contributed by atoms with Crippen LogP contribution < -0.4 is 20.1 Å². The van der Waals surface area contributed by atoms with Crippen molar-refractivity contribution in [1.29, 1.82) is 0 Å². The number of benzene rings is 2. The molecule has 0 spiro atoms. The van der Waals surface area contributed by atoms with Crippen molar-refractivity contribution in [1.82, 2.24) is 20.2 Å². The van der Waals surface area contributed by atoms with Crippen molar-refractivity contribution in [3.05, 3.63) is 77.1 Å². The summed E-state index contributed by atoms with van der Waals surface area (Å²) in [6.07, 6.45) is 3.46. The van der Waals surface area contributed by atoms with Crippen molar-refractivity contribution in [2.24, 2.45) is 7.05 Å². The van der Waals surface area contributed by atoms with Crippen molar-refractivity contribution in [3.63, 3.8) is 0 Å². The normalized spacial score (nSPS) is 11.6. The number of aryl methyl sites for hydroxylation is 2. The van der Waals surface area contributed by atoms with Gasteiger partial charge in [-0.25, -0.2) is 14.2 Å². The highest BCUT2D eigenvalue weighted by Crippen LogP contribution is 2.29. The molecule has 0 aliphatic rings. The standard InChI is InChI=1S/C22H25FN4O3/c1-14-5-6-15(9-19(14)23)13-25-22(28)26-20(21-24-7-8-27(21)2)16-10-17(29-3)12-18(11-16)30-4/h5-12,20H,13H2,1-4H3,(H2,25,26,28). The zero-order chi connectivity index (χ0) is 21.7. The highest BCUT2D eigenvalue weighted by Gasteiger charge is 2.22. The van der Waals surface area contributed by atoms with Gasteiger partial charge in [-0.15, -0.1) is 0 Å². The van der Waals surface area contributed by atoms with Crippen LogP contribution in [0.2, 0.25) is 0 Å². The minimum atomic E-state index is -0.552. The van der Waals surface area contributed by atoms with Crippen molar-refractivity contribution in [2.45, 2.75) is 19.5 Å². The van der Waals surface area contributed by atoms with Crippen LogP contribution in [0.25, 0.3) is 0 Å². The molecule has 0 aliphatic heterocycles. The highest BCUT2D eigenvalue weighted by atomic mass is 19.1. The highest BCUT2D eigenvalue weighted by molar-refractivity contribution is 5.75. The Balaban J connectivity index is 1.82. The van der Waals surface area contributed by atoms with Gasteiger partial charge in [0, 0.05) is 32.1 Å². The predicted octanol–water partition coefficient (Wildman–Crippen LogP) is 3.47. The average Bonchev–Trinajstić information content (AvgIpc) is 3.17. The molecule has 1 aromatic heterocycles. The second-order valence-electron chi connectivity index (χ2n) is 6.89. The molecule has 2 aromatic carbocycles. The summed E-state index contributed by atoms with van der Waals surface area (Å²) in [6.45, 7) is 1.89. The second kappa shape index (κ2) is 9.30. The van der Waals surface area contributed by atoms with Crippen LogP contribution in [-0.4, -0.2) is 29.8 Å². The third-order valence-corrected chi connectivity index (χ3v) is 4.79. The number of carbonyl (C=O) groups excluding carboxylic acids is 1. The lowest BCUT2D eigenvalue weighted by atomic mass is 10.1. The van der Waals surface area contributed by atoms with Crippen LogP contribution in [0.1, 0.15) is 28.6 Å². The van der Waals surface area contributed by atoms with Crippen molar-refractivity contribution < 1.29 is 18.7 Å². The van der Waals surface area contributed by atoms with E-state index in [1.807, 2.05) is 23.7 Å². The van der Waals surface area contributed by atoms with Gasteiger partial charge in [0.05, 0.1) is 14.2 Å². The number of halogens is 1. The summed E-state index contributed by atoms with van der Waals surface area (Å²) in [5.41, 5.74) is 1.98. The Morgan fingerprint density at radius 2 is 1.87 bits per heavy atom. The fraction of sp³-hybridized carbons (Fsp3) is 0.273. The molecule has 30 heavy (non-hydrogen) atoms. The van der Waals surface area contributed by atoms with Gasteiger partial charge in [-0.05, 0) is 41.8 Å². The minimum absolute atomic E-state index is 0.192. The molecule has 3 aromatic rings. The number of rotatable bonds is 7. The largest absolute Gasteiger partial charge is 0.497 e. The second-order valence-corrected chi connectivity index (χ2v) is 6.89. The van der Waals surface area contributed by atoms with Gasteiger partial charge in [-0.1, -0.05) is 12.1 Å². The number of nitrogens with one attached hydrogen (secondary N) is 2. The maximum atomic E-state index is 13.7. The number of carbonyl (C=O) groups is 1. The lowest BCUT2D eigenvalue weighted by Gasteiger charge is -2.21. The molecular formula is C22H25FN4O3. The predicted molar refractivity (Wildman–Crippen MR) is 111 cm³/mol. The summed E-state index contributed by atoms with van der Waals surface area (Å²) in [6, 6.07) is 9.30.